The Morgan fingerprint density at radius 2 is 0.794 bits per heavy atom. The van der Waals surface area contributed by atoms with Gasteiger partial charge < -0.3 is 19.8 Å². The van der Waals surface area contributed by atoms with Crippen LogP contribution < -0.4 is 5.32 Å². The van der Waals surface area contributed by atoms with Gasteiger partial charge >= 0.3 is 7.82 Å². The molecular formula is C59H118N2O6P+. The number of rotatable bonds is 55. The van der Waals surface area contributed by atoms with Crippen molar-refractivity contribution in [2.24, 2.45) is 0 Å². The molecule has 0 spiro atoms. The summed E-state index contributed by atoms with van der Waals surface area (Å²) in [6, 6.07) is -0.844. The fourth-order valence-electron chi connectivity index (χ4n) is 8.98. The summed E-state index contributed by atoms with van der Waals surface area (Å²) in [5, 5.41) is 13.9. The van der Waals surface area contributed by atoms with Crippen LogP contribution in [0.1, 0.15) is 296 Å². The molecule has 3 N–H and O–H groups in total. The number of phosphoric ester groups is 1. The van der Waals surface area contributed by atoms with E-state index >= 15 is 0 Å². The first-order chi connectivity index (χ1) is 33.0. The van der Waals surface area contributed by atoms with E-state index in [0.29, 0.717) is 17.4 Å². The molecule has 0 aromatic rings. The van der Waals surface area contributed by atoms with Gasteiger partial charge in [0.25, 0.3) is 0 Å². The zero-order chi connectivity index (χ0) is 49.9. The molecule has 404 valence electrons. The number of aliphatic hydroxyl groups is 1. The van der Waals surface area contributed by atoms with E-state index < -0.39 is 20.0 Å². The summed E-state index contributed by atoms with van der Waals surface area (Å²) in [4.78, 5) is 23.3. The van der Waals surface area contributed by atoms with Gasteiger partial charge in [0.2, 0.25) is 5.91 Å². The van der Waals surface area contributed by atoms with E-state index in [4.69, 9.17) is 9.05 Å². The lowest BCUT2D eigenvalue weighted by atomic mass is 10.0. The van der Waals surface area contributed by atoms with Crippen molar-refractivity contribution in [2.75, 3.05) is 40.9 Å². The van der Waals surface area contributed by atoms with Crippen LogP contribution in [0.25, 0.3) is 0 Å². The lowest BCUT2D eigenvalue weighted by Crippen LogP contribution is -2.45. The Bertz CT molecular complexity index is 1160. The largest absolute Gasteiger partial charge is 0.472 e. The molecule has 9 heteroatoms. The van der Waals surface area contributed by atoms with E-state index in [9.17, 15) is 19.4 Å². The fraction of sp³-hybridized carbons (Fsp3) is 0.915. The van der Waals surface area contributed by atoms with Crippen LogP contribution in [0.3, 0.4) is 0 Å². The molecule has 0 fully saturated rings. The minimum atomic E-state index is -4.34. The molecule has 0 aliphatic rings. The second-order valence-electron chi connectivity index (χ2n) is 21.7. The lowest BCUT2D eigenvalue weighted by Gasteiger charge is -2.25. The summed E-state index contributed by atoms with van der Waals surface area (Å²) in [5.74, 6) is -0.172. The Kier molecular flexibility index (Phi) is 50.1. The van der Waals surface area contributed by atoms with E-state index in [2.05, 4.69) is 31.3 Å². The first-order valence-corrected chi connectivity index (χ1v) is 31.2. The minimum absolute atomic E-state index is 0.0638. The molecule has 0 aliphatic carbocycles. The average Bonchev–Trinajstić information content (AvgIpc) is 3.30. The Morgan fingerprint density at radius 3 is 1.13 bits per heavy atom. The molecule has 68 heavy (non-hydrogen) atoms. The number of phosphoric acid groups is 1. The monoisotopic (exact) mass is 982 g/mol. The van der Waals surface area contributed by atoms with Gasteiger partial charge in [0.15, 0.2) is 0 Å². The summed E-state index contributed by atoms with van der Waals surface area (Å²) in [6.45, 7) is 4.86. The van der Waals surface area contributed by atoms with Crippen molar-refractivity contribution in [3.05, 3.63) is 24.3 Å². The maximum atomic E-state index is 13.0. The van der Waals surface area contributed by atoms with Gasteiger partial charge in [0, 0.05) is 6.42 Å². The third-order valence-corrected chi connectivity index (χ3v) is 14.6. The van der Waals surface area contributed by atoms with Crippen LogP contribution in [0.4, 0.5) is 0 Å². The average molecular weight is 983 g/mol. The molecule has 0 saturated heterocycles. The standard InChI is InChI=1S/C59H117N2O6P/c1-6-8-10-12-14-16-18-20-22-24-26-27-28-29-30-31-32-33-35-37-39-41-43-45-47-49-51-53-59(63)60-57(56-67-68(64,65)66-55-54-61(3,4)5)58(62)52-50-48-46-44-42-40-38-36-34-25-23-21-19-17-15-13-11-9-7-2/h24,26,50,52,57-58,62H,6-23,25,27-49,51,53-56H2,1-5H3,(H-,60,63,64,65)/p+1/b26-24-,52-50+. The zero-order valence-corrected chi connectivity index (χ0v) is 47.0. The lowest BCUT2D eigenvalue weighted by molar-refractivity contribution is -0.870. The predicted octanol–water partition coefficient (Wildman–Crippen LogP) is 18.0. The van der Waals surface area contributed by atoms with Crippen molar-refractivity contribution >= 4 is 13.7 Å². The third-order valence-electron chi connectivity index (χ3n) is 13.7. The predicted molar refractivity (Wildman–Crippen MR) is 295 cm³/mol. The molecule has 0 radical (unpaired) electrons. The van der Waals surface area contributed by atoms with Gasteiger partial charge in [-0.3, -0.25) is 13.8 Å². The van der Waals surface area contributed by atoms with E-state index in [1.165, 1.54) is 244 Å². The molecule has 3 unspecified atom stereocenters. The summed E-state index contributed by atoms with van der Waals surface area (Å²) in [7, 11) is 1.59. The summed E-state index contributed by atoms with van der Waals surface area (Å²) >= 11 is 0. The third kappa shape index (κ3) is 52.8. The molecule has 3 atom stereocenters. The molecule has 0 rings (SSSR count). The number of aliphatic hydroxyl groups excluding tert-OH is 1. The van der Waals surface area contributed by atoms with Gasteiger partial charge in [-0.15, -0.1) is 0 Å². The zero-order valence-electron chi connectivity index (χ0n) is 46.1. The Morgan fingerprint density at radius 1 is 0.485 bits per heavy atom. The Labute approximate surface area is 424 Å². The summed E-state index contributed by atoms with van der Waals surface area (Å²) in [5.41, 5.74) is 0. The molecule has 8 nitrogen and oxygen atoms in total. The minimum Gasteiger partial charge on any atom is -0.387 e. The van der Waals surface area contributed by atoms with E-state index in [0.717, 1.165) is 32.1 Å². The number of quaternary nitrogens is 1. The van der Waals surface area contributed by atoms with Gasteiger partial charge in [0.1, 0.15) is 13.2 Å². The van der Waals surface area contributed by atoms with Crippen molar-refractivity contribution in [1.29, 1.82) is 0 Å². The van der Waals surface area contributed by atoms with Gasteiger partial charge in [0.05, 0.1) is 39.9 Å². The highest BCUT2D eigenvalue weighted by atomic mass is 31.2. The molecule has 0 bridgehead atoms. The molecule has 0 aromatic carbocycles. The van der Waals surface area contributed by atoms with Crippen LogP contribution in [0.15, 0.2) is 24.3 Å². The topological polar surface area (TPSA) is 105 Å². The quantitative estimate of drug-likeness (QED) is 0.0243. The van der Waals surface area contributed by atoms with E-state index in [-0.39, 0.29) is 19.1 Å². The number of amides is 1. The highest BCUT2D eigenvalue weighted by Crippen LogP contribution is 2.43. The van der Waals surface area contributed by atoms with Crippen LogP contribution in [0.2, 0.25) is 0 Å². The van der Waals surface area contributed by atoms with Crippen molar-refractivity contribution in [1.82, 2.24) is 5.32 Å². The number of carbonyl (C=O) groups excluding carboxylic acids is 1. The number of carbonyl (C=O) groups is 1. The first-order valence-electron chi connectivity index (χ1n) is 29.7. The highest BCUT2D eigenvalue weighted by Gasteiger charge is 2.27. The van der Waals surface area contributed by atoms with Crippen LogP contribution >= 0.6 is 7.82 Å². The normalized spacial score (nSPS) is 14.0. The van der Waals surface area contributed by atoms with Crippen LogP contribution in [-0.2, 0) is 18.4 Å². The van der Waals surface area contributed by atoms with Crippen molar-refractivity contribution < 1.29 is 32.9 Å². The number of likely N-dealkylation sites (N-methyl/N-ethyl adjacent to an activating group) is 1. The van der Waals surface area contributed by atoms with Crippen LogP contribution in [-0.4, -0.2) is 73.4 Å². The second-order valence-corrected chi connectivity index (χ2v) is 23.2. The SMILES string of the molecule is CCCCCCCCCC/C=C\CCCCCCCCCCCCCCCCCC(=O)NC(COP(=O)(O)OCC[N+](C)(C)C)C(O)/C=C/CCCCCCCCCCCCCCCCCCC. The molecule has 1 amide bonds. The van der Waals surface area contributed by atoms with Crippen LogP contribution in [0, 0.1) is 0 Å². The van der Waals surface area contributed by atoms with Gasteiger partial charge in [-0.05, 0) is 44.9 Å². The maximum Gasteiger partial charge on any atom is 0.472 e. The molecule has 0 saturated carbocycles. The summed E-state index contributed by atoms with van der Waals surface area (Å²) in [6.07, 6.45) is 64.2. The van der Waals surface area contributed by atoms with Gasteiger partial charge in [-0.25, -0.2) is 4.57 Å². The Balaban J connectivity index is 4.14. The Hall–Kier alpha value is -1.02. The van der Waals surface area contributed by atoms with Crippen molar-refractivity contribution in [3.63, 3.8) is 0 Å². The first kappa shape index (κ1) is 67.0. The molecule has 0 aliphatic heterocycles. The molecule has 0 aromatic heterocycles. The van der Waals surface area contributed by atoms with Gasteiger partial charge in [-0.2, -0.15) is 0 Å². The number of unbranched alkanes of at least 4 members (excludes halogenated alkanes) is 40. The molecular weight excluding hydrogens is 864 g/mol. The van der Waals surface area contributed by atoms with E-state index in [1.807, 2.05) is 27.2 Å². The number of hydrogen-bond acceptors (Lipinski definition) is 5. The number of nitrogens with zero attached hydrogens (tertiary/aromatic N) is 1. The number of hydrogen-bond donors (Lipinski definition) is 3. The summed E-state index contributed by atoms with van der Waals surface area (Å²) < 4.78 is 23.7. The highest BCUT2D eigenvalue weighted by molar-refractivity contribution is 7.47. The molecule has 0 heterocycles. The second kappa shape index (κ2) is 50.9. The fourth-order valence-corrected chi connectivity index (χ4v) is 9.72. The maximum absolute atomic E-state index is 13.0. The van der Waals surface area contributed by atoms with E-state index in [1.54, 1.807) is 6.08 Å². The van der Waals surface area contributed by atoms with Crippen molar-refractivity contribution in [2.45, 2.75) is 309 Å². The number of nitrogens with one attached hydrogen (secondary N) is 1. The van der Waals surface area contributed by atoms with Crippen LogP contribution in [0.5, 0.6) is 0 Å². The van der Waals surface area contributed by atoms with Crippen molar-refractivity contribution in [3.8, 4) is 0 Å². The number of allylic oxidation sites excluding steroid dienone is 3. The van der Waals surface area contributed by atoms with Gasteiger partial charge in [-0.1, -0.05) is 269 Å². The smallest absolute Gasteiger partial charge is 0.387 e.